The van der Waals surface area contributed by atoms with Crippen molar-refractivity contribution in [3.8, 4) is 0 Å². The predicted molar refractivity (Wildman–Crippen MR) is 125 cm³/mol. The minimum Gasteiger partial charge on any atom is -0.434 e. The van der Waals surface area contributed by atoms with Crippen LogP contribution in [0, 0.1) is 5.92 Å². The maximum Gasteiger partial charge on any atom is 0.508 e. The van der Waals surface area contributed by atoms with Gasteiger partial charge in [-0.1, -0.05) is 65.2 Å². The van der Waals surface area contributed by atoms with E-state index in [0.717, 1.165) is 63.7 Å². The molecule has 6 heteroatoms. The van der Waals surface area contributed by atoms with Gasteiger partial charge in [0.05, 0.1) is 6.61 Å². The highest BCUT2D eigenvalue weighted by Gasteiger charge is 2.29. The molecule has 2 unspecified atom stereocenters. The monoisotopic (exact) mass is 454 g/mol. The lowest BCUT2D eigenvalue weighted by molar-refractivity contribution is -0.0467. The van der Waals surface area contributed by atoms with Gasteiger partial charge in [0.1, 0.15) is 18.3 Å². The van der Waals surface area contributed by atoms with Gasteiger partial charge in [0, 0.05) is 6.42 Å². The van der Waals surface area contributed by atoms with E-state index in [9.17, 15) is 9.59 Å². The quantitative estimate of drug-likeness (QED) is 0.210. The minimum absolute atomic E-state index is 0.00765. The SMILES string of the molecule is CC(C)CCCCCCCCCOC(=O)OC1CCCC(OC(=O)OC2CCCCC2)C1. The van der Waals surface area contributed by atoms with Gasteiger partial charge in [-0.15, -0.1) is 0 Å². The van der Waals surface area contributed by atoms with Gasteiger partial charge in [-0.2, -0.15) is 0 Å². The molecule has 2 rings (SSSR count). The van der Waals surface area contributed by atoms with Gasteiger partial charge in [0.2, 0.25) is 0 Å². The largest absolute Gasteiger partial charge is 0.508 e. The van der Waals surface area contributed by atoms with Crippen molar-refractivity contribution in [2.45, 2.75) is 141 Å². The molecule has 0 saturated heterocycles. The molecule has 186 valence electrons. The molecule has 0 bridgehead atoms. The second-order valence-corrected chi connectivity index (χ2v) is 10.0. The Balaban J connectivity index is 1.47. The van der Waals surface area contributed by atoms with E-state index >= 15 is 0 Å². The second kappa shape index (κ2) is 16.2. The number of unbranched alkanes of at least 4 members (excludes halogenated alkanes) is 6. The number of carbonyl (C=O) groups is 2. The van der Waals surface area contributed by atoms with Gasteiger partial charge >= 0.3 is 12.3 Å². The first-order chi connectivity index (χ1) is 15.5. The van der Waals surface area contributed by atoms with E-state index in [4.69, 9.17) is 18.9 Å². The molecule has 0 aromatic heterocycles. The zero-order chi connectivity index (χ0) is 23.0. The molecule has 0 aliphatic heterocycles. The lowest BCUT2D eigenvalue weighted by atomic mass is 9.95. The molecule has 0 heterocycles. The smallest absolute Gasteiger partial charge is 0.434 e. The Bertz CT molecular complexity index is 514. The van der Waals surface area contributed by atoms with E-state index < -0.39 is 12.3 Å². The van der Waals surface area contributed by atoms with E-state index in [0.29, 0.717) is 13.0 Å². The first-order valence-corrected chi connectivity index (χ1v) is 13.2. The van der Waals surface area contributed by atoms with Gasteiger partial charge in [0.15, 0.2) is 0 Å². The molecular weight excluding hydrogens is 408 g/mol. The van der Waals surface area contributed by atoms with Crippen molar-refractivity contribution in [2.24, 2.45) is 5.92 Å². The Morgan fingerprint density at radius 2 is 1.19 bits per heavy atom. The van der Waals surface area contributed by atoms with Gasteiger partial charge in [-0.25, -0.2) is 9.59 Å². The highest BCUT2D eigenvalue weighted by atomic mass is 16.7. The minimum atomic E-state index is -0.603. The van der Waals surface area contributed by atoms with Crippen LogP contribution >= 0.6 is 0 Å². The molecule has 2 aliphatic rings. The number of hydrogen-bond donors (Lipinski definition) is 0. The van der Waals surface area contributed by atoms with Crippen molar-refractivity contribution in [3.63, 3.8) is 0 Å². The van der Waals surface area contributed by atoms with Crippen LogP contribution in [0.3, 0.4) is 0 Å². The molecule has 0 aromatic carbocycles. The number of ether oxygens (including phenoxy) is 4. The fourth-order valence-corrected chi connectivity index (χ4v) is 4.66. The van der Waals surface area contributed by atoms with Gasteiger partial charge in [-0.05, 0) is 57.3 Å². The first-order valence-electron chi connectivity index (χ1n) is 13.2. The van der Waals surface area contributed by atoms with Crippen LogP contribution in [0.2, 0.25) is 0 Å². The van der Waals surface area contributed by atoms with E-state index in [2.05, 4.69) is 13.8 Å². The molecule has 0 spiro atoms. The van der Waals surface area contributed by atoms with Crippen molar-refractivity contribution in [3.05, 3.63) is 0 Å². The average Bonchev–Trinajstić information content (AvgIpc) is 2.75. The summed E-state index contributed by atoms with van der Waals surface area (Å²) in [4.78, 5) is 24.0. The number of carbonyl (C=O) groups excluding carboxylic acids is 2. The van der Waals surface area contributed by atoms with E-state index in [1.807, 2.05) is 0 Å². The third-order valence-corrected chi connectivity index (χ3v) is 6.56. The first kappa shape index (κ1) is 26.8. The van der Waals surface area contributed by atoms with Crippen LogP contribution in [0.15, 0.2) is 0 Å². The van der Waals surface area contributed by atoms with Crippen molar-refractivity contribution >= 4 is 12.3 Å². The van der Waals surface area contributed by atoms with Crippen LogP contribution in [-0.4, -0.2) is 37.2 Å². The number of rotatable bonds is 13. The summed E-state index contributed by atoms with van der Waals surface area (Å²) in [5, 5.41) is 0. The summed E-state index contributed by atoms with van der Waals surface area (Å²) in [5.74, 6) is 0.807. The van der Waals surface area contributed by atoms with Gasteiger partial charge in [-0.3, -0.25) is 0 Å². The lowest BCUT2D eigenvalue weighted by Gasteiger charge is -2.29. The summed E-state index contributed by atoms with van der Waals surface area (Å²) >= 11 is 0. The highest BCUT2D eigenvalue weighted by molar-refractivity contribution is 5.61. The lowest BCUT2D eigenvalue weighted by Crippen LogP contribution is -2.33. The van der Waals surface area contributed by atoms with E-state index in [-0.39, 0.29) is 18.3 Å². The summed E-state index contributed by atoms with van der Waals surface area (Å²) in [5.41, 5.74) is 0. The van der Waals surface area contributed by atoms with Crippen LogP contribution < -0.4 is 0 Å². The number of hydrogen-bond acceptors (Lipinski definition) is 6. The highest BCUT2D eigenvalue weighted by Crippen LogP contribution is 2.26. The summed E-state index contributed by atoms with van der Waals surface area (Å²) < 4.78 is 21.6. The summed E-state index contributed by atoms with van der Waals surface area (Å²) in [7, 11) is 0. The maximum absolute atomic E-state index is 12.1. The van der Waals surface area contributed by atoms with Crippen LogP contribution in [0.25, 0.3) is 0 Å². The van der Waals surface area contributed by atoms with Crippen LogP contribution in [-0.2, 0) is 18.9 Å². The van der Waals surface area contributed by atoms with E-state index in [1.54, 1.807) is 0 Å². The molecule has 32 heavy (non-hydrogen) atoms. The topological polar surface area (TPSA) is 71.1 Å². The molecule has 0 N–H and O–H groups in total. The van der Waals surface area contributed by atoms with Crippen molar-refractivity contribution in [1.82, 2.24) is 0 Å². The fraction of sp³-hybridized carbons (Fsp3) is 0.923. The Labute approximate surface area is 195 Å². The molecule has 2 atom stereocenters. The predicted octanol–water partition coefficient (Wildman–Crippen LogP) is 7.71. The van der Waals surface area contributed by atoms with Crippen LogP contribution in [0.1, 0.15) is 123 Å². The molecule has 0 amide bonds. The zero-order valence-corrected chi connectivity index (χ0v) is 20.5. The van der Waals surface area contributed by atoms with Crippen molar-refractivity contribution in [2.75, 3.05) is 6.61 Å². The van der Waals surface area contributed by atoms with Crippen molar-refractivity contribution in [1.29, 1.82) is 0 Å². The Morgan fingerprint density at radius 3 is 1.84 bits per heavy atom. The Hall–Kier alpha value is -1.46. The third-order valence-electron chi connectivity index (χ3n) is 6.56. The van der Waals surface area contributed by atoms with Crippen molar-refractivity contribution < 1.29 is 28.5 Å². The summed E-state index contributed by atoms with van der Waals surface area (Å²) in [6, 6.07) is 0. The van der Waals surface area contributed by atoms with Gasteiger partial charge in [0.25, 0.3) is 0 Å². The molecule has 2 aliphatic carbocycles. The molecule has 6 nitrogen and oxygen atoms in total. The molecule has 2 fully saturated rings. The Kier molecular flexibility index (Phi) is 13.6. The molecule has 0 radical (unpaired) electrons. The normalized spacial score (nSPS) is 21.8. The van der Waals surface area contributed by atoms with E-state index in [1.165, 1.54) is 44.9 Å². The second-order valence-electron chi connectivity index (χ2n) is 10.0. The van der Waals surface area contributed by atoms with Crippen LogP contribution in [0.4, 0.5) is 9.59 Å². The van der Waals surface area contributed by atoms with Crippen LogP contribution in [0.5, 0.6) is 0 Å². The molecule has 0 aromatic rings. The average molecular weight is 455 g/mol. The summed E-state index contributed by atoms with van der Waals surface area (Å²) in [6.07, 6.45) is 16.2. The fourth-order valence-electron chi connectivity index (χ4n) is 4.66. The standard InChI is InChI=1S/C26H46O6/c1-21(2)14-9-6-4-3-5-7-12-19-29-25(27)31-23-17-13-18-24(20-23)32-26(28)30-22-15-10-8-11-16-22/h21-24H,3-20H2,1-2H3. The molecule has 2 saturated carbocycles. The Morgan fingerprint density at radius 1 is 0.656 bits per heavy atom. The molecular formula is C26H46O6. The zero-order valence-electron chi connectivity index (χ0n) is 20.5. The summed E-state index contributed by atoms with van der Waals surface area (Å²) in [6.45, 7) is 4.97. The third kappa shape index (κ3) is 12.5. The van der Waals surface area contributed by atoms with Gasteiger partial charge < -0.3 is 18.9 Å². The maximum atomic E-state index is 12.1.